The van der Waals surface area contributed by atoms with Crippen LogP contribution in [-0.2, 0) is 4.79 Å². The number of rotatable bonds is 6. The second-order valence-electron chi connectivity index (χ2n) is 7.69. The molecule has 1 atom stereocenters. The third kappa shape index (κ3) is 3.80. The number of hydrogen-bond acceptors (Lipinski definition) is 7. The Labute approximate surface area is 207 Å². The molecule has 1 N–H and O–H groups in total. The van der Waals surface area contributed by atoms with E-state index in [4.69, 9.17) is 9.15 Å². The topological polar surface area (TPSA) is 92.9 Å². The van der Waals surface area contributed by atoms with E-state index >= 15 is 0 Å². The molecule has 1 aliphatic heterocycles. The van der Waals surface area contributed by atoms with E-state index in [1.165, 1.54) is 22.3 Å². The van der Waals surface area contributed by atoms with Gasteiger partial charge in [-0.05, 0) is 61.9 Å². The Kier molecular flexibility index (Phi) is 5.75. The van der Waals surface area contributed by atoms with Crippen LogP contribution in [0.5, 0.6) is 5.75 Å². The number of aliphatic hydroxyl groups excluding tert-OH is 1. The quantitative estimate of drug-likeness (QED) is 0.296. The highest BCUT2D eigenvalue weighted by molar-refractivity contribution is 9.10. The highest BCUT2D eigenvalue weighted by Gasteiger charge is 2.46. The van der Waals surface area contributed by atoms with Crippen molar-refractivity contribution in [2.45, 2.75) is 19.9 Å². The molecule has 0 bridgehead atoms. The lowest BCUT2D eigenvalue weighted by Gasteiger charge is -2.24. The van der Waals surface area contributed by atoms with Crippen LogP contribution in [0.3, 0.4) is 0 Å². The minimum Gasteiger partial charge on any atom is -0.503 e. The summed E-state index contributed by atoms with van der Waals surface area (Å²) in [6.45, 7) is 4.16. The molecule has 0 spiro atoms. The van der Waals surface area contributed by atoms with Gasteiger partial charge in [-0.1, -0.05) is 39.4 Å². The van der Waals surface area contributed by atoms with E-state index < -0.39 is 23.5 Å². The number of amides is 1. The molecule has 4 aromatic rings. The number of aromatic nitrogens is 1. The van der Waals surface area contributed by atoms with Crippen molar-refractivity contribution in [3.8, 4) is 5.75 Å². The number of hydrogen-bond donors (Lipinski definition) is 1. The number of aliphatic hydroxyl groups is 1. The first-order valence-electron chi connectivity index (χ1n) is 10.5. The molecule has 1 aliphatic rings. The van der Waals surface area contributed by atoms with E-state index in [9.17, 15) is 14.7 Å². The first-order chi connectivity index (χ1) is 16.4. The maximum Gasteiger partial charge on any atom is 0.296 e. The summed E-state index contributed by atoms with van der Waals surface area (Å²) < 4.78 is 12.8. The van der Waals surface area contributed by atoms with Crippen molar-refractivity contribution in [1.82, 2.24) is 4.98 Å². The summed E-state index contributed by atoms with van der Waals surface area (Å²) in [6.07, 6.45) is 0. The van der Waals surface area contributed by atoms with Crippen LogP contribution in [0.2, 0.25) is 0 Å². The summed E-state index contributed by atoms with van der Waals surface area (Å²) in [7, 11) is 0. The molecule has 34 heavy (non-hydrogen) atoms. The summed E-state index contributed by atoms with van der Waals surface area (Å²) in [5.41, 5.74) is 1.30. The molecule has 1 amide bonds. The first kappa shape index (κ1) is 22.4. The van der Waals surface area contributed by atoms with E-state index in [0.717, 1.165) is 9.17 Å². The summed E-state index contributed by atoms with van der Waals surface area (Å²) in [5.74, 6) is -0.533. The Balaban J connectivity index is 1.64. The fourth-order valence-corrected chi connectivity index (χ4v) is 5.22. The molecule has 2 aromatic heterocycles. The Morgan fingerprint density at radius 3 is 2.65 bits per heavy atom. The largest absolute Gasteiger partial charge is 0.503 e. The number of thiazole rings is 1. The molecule has 3 heterocycles. The maximum atomic E-state index is 13.4. The summed E-state index contributed by atoms with van der Waals surface area (Å²) in [6, 6.07) is 15.1. The third-order valence-corrected chi connectivity index (χ3v) is 7.01. The van der Waals surface area contributed by atoms with Crippen molar-refractivity contribution >= 4 is 54.3 Å². The highest BCUT2D eigenvalue weighted by atomic mass is 79.9. The molecule has 0 radical (unpaired) electrons. The molecule has 0 aliphatic carbocycles. The number of Topliss-reactive ketones (excluding diaryl/α,β-unsaturated/α-hetero) is 1. The lowest BCUT2D eigenvalue weighted by atomic mass is 9.95. The van der Waals surface area contributed by atoms with Crippen LogP contribution in [0, 0.1) is 6.92 Å². The second-order valence-corrected chi connectivity index (χ2v) is 9.61. The van der Waals surface area contributed by atoms with E-state index in [-0.39, 0.29) is 11.3 Å². The number of carbonyl (C=O) groups is 2. The Hall–Kier alpha value is -3.43. The zero-order valence-corrected chi connectivity index (χ0v) is 20.6. The molecule has 0 unspecified atom stereocenters. The van der Waals surface area contributed by atoms with Gasteiger partial charge in [0.2, 0.25) is 5.78 Å². The van der Waals surface area contributed by atoms with Gasteiger partial charge in [0.05, 0.1) is 28.4 Å². The predicted molar refractivity (Wildman–Crippen MR) is 133 cm³/mol. The van der Waals surface area contributed by atoms with Gasteiger partial charge < -0.3 is 14.3 Å². The minimum atomic E-state index is -0.870. The van der Waals surface area contributed by atoms with Gasteiger partial charge in [0.1, 0.15) is 11.5 Å². The van der Waals surface area contributed by atoms with Crippen molar-refractivity contribution in [3.63, 3.8) is 0 Å². The number of aryl methyl sites for hydroxylation is 1. The SMILES string of the molecule is CCOc1ccc2nc(N3C(=O)C(O)=C(C(=O)c4ccc(C)o4)[C@H]3c3ccc(Br)cc3)sc2c1. The van der Waals surface area contributed by atoms with Crippen LogP contribution in [0.15, 0.2) is 74.8 Å². The number of furan rings is 1. The number of halogens is 1. The fourth-order valence-electron chi connectivity index (χ4n) is 3.94. The van der Waals surface area contributed by atoms with Crippen LogP contribution >= 0.6 is 27.3 Å². The molecule has 0 saturated carbocycles. The van der Waals surface area contributed by atoms with E-state index in [2.05, 4.69) is 20.9 Å². The molecule has 7 nitrogen and oxygen atoms in total. The molecule has 0 fully saturated rings. The highest BCUT2D eigenvalue weighted by Crippen LogP contribution is 2.44. The molecular formula is C25H19BrN2O5S. The van der Waals surface area contributed by atoms with E-state index in [1.807, 2.05) is 37.3 Å². The molecular weight excluding hydrogens is 520 g/mol. The zero-order chi connectivity index (χ0) is 24.0. The number of benzene rings is 2. The zero-order valence-electron chi connectivity index (χ0n) is 18.2. The number of nitrogens with zero attached hydrogens (tertiary/aromatic N) is 2. The van der Waals surface area contributed by atoms with Gasteiger partial charge in [0, 0.05) is 4.47 Å². The van der Waals surface area contributed by atoms with Crippen LogP contribution in [-0.4, -0.2) is 28.4 Å². The normalized spacial score (nSPS) is 16.0. The van der Waals surface area contributed by atoms with Gasteiger partial charge >= 0.3 is 0 Å². The maximum absolute atomic E-state index is 13.4. The van der Waals surface area contributed by atoms with Gasteiger partial charge in [-0.25, -0.2) is 4.98 Å². The van der Waals surface area contributed by atoms with Crippen molar-refractivity contribution in [2.24, 2.45) is 0 Å². The Bertz CT molecular complexity index is 1450. The fraction of sp³-hybridized carbons (Fsp3) is 0.160. The molecule has 9 heteroatoms. The van der Waals surface area contributed by atoms with Gasteiger partial charge in [-0.3, -0.25) is 14.5 Å². The molecule has 2 aromatic carbocycles. The molecule has 5 rings (SSSR count). The van der Waals surface area contributed by atoms with Gasteiger partial charge in [-0.15, -0.1) is 0 Å². The van der Waals surface area contributed by atoms with E-state index in [0.29, 0.717) is 34.3 Å². The van der Waals surface area contributed by atoms with Crippen LogP contribution in [0.1, 0.15) is 34.8 Å². The summed E-state index contributed by atoms with van der Waals surface area (Å²) >= 11 is 4.71. The summed E-state index contributed by atoms with van der Waals surface area (Å²) in [4.78, 5) is 32.7. The van der Waals surface area contributed by atoms with E-state index in [1.54, 1.807) is 25.1 Å². The number of carbonyl (C=O) groups excluding carboxylic acids is 2. The van der Waals surface area contributed by atoms with Crippen LogP contribution < -0.4 is 9.64 Å². The summed E-state index contributed by atoms with van der Waals surface area (Å²) in [5, 5.41) is 11.2. The number of anilines is 1. The smallest absolute Gasteiger partial charge is 0.296 e. The van der Waals surface area contributed by atoms with Crippen molar-refractivity contribution in [1.29, 1.82) is 0 Å². The minimum absolute atomic E-state index is 0.0454. The monoisotopic (exact) mass is 538 g/mol. The Morgan fingerprint density at radius 2 is 1.97 bits per heavy atom. The second kappa shape index (κ2) is 8.73. The number of ketones is 1. The van der Waals surface area contributed by atoms with Gasteiger partial charge in [-0.2, -0.15) is 0 Å². The number of ether oxygens (including phenoxy) is 1. The number of fused-ring (bicyclic) bond motifs is 1. The van der Waals surface area contributed by atoms with Crippen molar-refractivity contribution in [2.75, 3.05) is 11.5 Å². The standard InChI is InChI=1S/C25H19BrN2O5S/c1-3-32-16-9-10-17-19(12-16)34-25(27-17)28-21(14-5-7-15(26)8-6-14)20(23(30)24(28)31)22(29)18-11-4-13(2)33-18/h4-12,21,30H,3H2,1-2H3/t21-/m1/s1. The van der Waals surface area contributed by atoms with Gasteiger partial charge in [0.25, 0.3) is 5.91 Å². The molecule has 172 valence electrons. The lowest BCUT2D eigenvalue weighted by molar-refractivity contribution is -0.117. The predicted octanol–water partition coefficient (Wildman–Crippen LogP) is 6.14. The molecule has 0 saturated heterocycles. The van der Waals surface area contributed by atoms with Crippen LogP contribution in [0.25, 0.3) is 10.2 Å². The Morgan fingerprint density at radius 1 is 1.21 bits per heavy atom. The first-order valence-corrected chi connectivity index (χ1v) is 12.1. The average Bonchev–Trinajstić information content (AvgIpc) is 3.50. The van der Waals surface area contributed by atoms with Crippen molar-refractivity contribution < 1.29 is 23.8 Å². The van der Waals surface area contributed by atoms with Gasteiger partial charge in [0.15, 0.2) is 16.7 Å². The average molecular weight is 539 g/mol. The third-order valence-electron chi connectivity index (χ3n) is 5.47. The van der Waals surface area contributed by atoms with Crippen molar-refractivity contribution in [3.05, 3.63) is 87.5 Å². The van der Waals surface area contributed by atoms with Crippen LogP contribution in [0.4, 0.5) is 5.13 Å². The lowest BCUT2D eigenvalue weighted by Crippen LogP contribution is -2.30.